The molecule has 0 fully saturated rings. The summed E-state index contributed by atoms with van der Waals surface area (Å²) in [5, 5.41) is 13.0. The zero-order valence-electron chi connectivity index (χ0n) is 25.4. The number of hydrogen-bond acceptors (Lipinski definition) is 6. The molecule has 4 aromatic rings. The van der Waals surface area contributed by atoms with Gasteiger partial charge in [0.1, 0.15) is 24.1 Å². The Hall–Kier alpha value is -5.11. The SMILES string of the molecule is COc1ccccc1N(CCOc1ccc(CC(Nc2ccccc2C(=O)c2ccccc2)C(=O)O)cc1)C(=O)C(C)(C)C. The molecule has 8 heteroatoms. The molecule has 2 N–H and O–H groups in total. The van der Waals surface area contributed by atoms with Crippen LogP contribution in [0.15, 0.2) is 103 Å². The molecule has 0 bridgehead atoms. The summed E-state index contributed by atoms with van der Waals surface area (Å²) in [5.41, 5.74) is 2.24. The van der Waals surface area contributed by atoms with Crippen LogP contribution in [0.3, 0.4) is 0 Å². The van der Waals surface area contributed by atoms with E-state index in [1.165, 1.54) is 0 Å². The van der Waals surface area contributed by atoms with E-state index in [-0.39, 0.29) is 24.7 Å². The first-order valence-corrected chi connectivity index (χ1v) is 14.4. The lowest BCUT2D eigenvalue weighted by Crippen LogP contribution is -2.42. The van der Waals surface area contributed by atoms with Gasteiger partial charge in [-0.1, -0.05) is 87.5 Å². The third-order valence-electron chi connectivity index (χ3n) is 7.05. The molecular formula is C36H38N2O6. The fraction of sp³-hybridized carbons (Fsp3) is 0.250. The second kappa shape index (κ2) is 14.4. The van der Waals surface area contributed by atoms with Gasteiger partial charge in [-0.15, -0.1) is 0 Å². The maximum absolute atomic E-state index is 13.3. The van der Waals surface area contributed by atoms with Crippen LogP contribution in [0, 0.1) is 5.41 Å². The topological polar surface area (TPSA) is 105 Å². The van der Waals surface area contributed by atoms with Crippen molar-refractivity contribution in [2.75, 3.05) is 30.5 Å². The minimum atomic E-state index is -1.03. The van der Waals surface area contributed by atoms with E-state index < -0.39 is 17.4 Å². The van der Waals surface area contributed by atoms with Crippen LogP contribution in [0.5, 0.6) is 11.5 Å². The van der Waals surface area contributed by atoms with E-state index >= 15 is 0 Å². The highest BCUT2D eigenvalue weighted by Crippen LogP contribution is 2.31. The van der Waals surface area contributed by atoms with Crippen molar-refractivity contribution in [2.24, 2.45) is 5.41 Å². The standard InChI is InChI=1S/C36H38N2O6/c1-36(2,3)35(42)38(31-16-10-11-17-32(31)43-4)22-23-44-27-20-18-25(19-21-27)24-30(34(40)41)37-29-15-9-8-14-28(29)33(39)26-12-6-5-7-13-26/h5-21,30,37H,22-24H2,1-4H3,(H,40,41). The first-order chi connectivity index (χ1) is 21.1. The Kier molecular flexibility index (Phi) is 10.4. The lowest BCUT2D eigenvalue weighted by Gasteiger charge is -2.30. The van der Waals surface area contributed by atoms with E-state index in [2.05, 4.69) is 5.32 Å². The molecule has 0 radical (unpaired) electrons. The summed E-state index contributed by atoms with van der Waals surface area (Å²) in [7, 11) is 1.57. The summed E-state index contributed by atoms with van der Waals surface area (Å²) < 4.78 is 11.5. The quantitative estimate of drug-likeness (QED) is 0.170. The van der Waals surface area contributed by atoms with E-state index in [0.29, 0.717) is 40.5 Å². The van der Waals surface area contributed by atoms with Crippen LogP contribution in [0.1, 0.15) is 42.3 Å². The largest absolute Gasteiger partial charge is 0.495 e. The number of nitrogens with one attached hydrogen (secondary N) is 1. The zero-order valence-corrected chi connectivity index (χ0v) is 25.4. The van der Waals surface area contributed by atoms with Gasteiger partial charge in [0.15, 0.2) is 5.78 Å². The van der Waals surface area contributed by atoms with Gasteiger partial charge in [-0.25, -0.2) is 4.79 Å². The molecule has 0 aliphatic heterocycles. The highest BCUT2D eigenvalue weighted by molar-refractivity contribution is 6.12. The van der Waals surface area contributed by atoms with Gasteiger partial charge in [0, 0.05) is 28.7 Å². The van der Waals surface area contributed by atoms with Crippen molar-refractivity contribution in [1.29, 1.82) is 0 Å². The number of aliphatic carboxylic acids is 1. The zero-order chi connectivity index (χ0) is 31.7. The van der Waals surface area contributed by atoms with E-state index in [1.54, 1.807) is 72.7 Å². The molecule has 0 heterocycles. The van der Waals surface area contributed by atoms with E-state index in [4.69, 9.17) is 9.47 Å². The normalized spacial score (nSPS) is 11.7. The van der Waals surface area contributed by atoms with E-state index in [0.717, 1.165) is 5.56 Å². The summed E-state index contributed by atoms with van der Waals surface area (Å²) in [4.78, 5) is 40.3. The molecule has 228 valence electrons. The van der Waals surface area contributed by atoms with Crippen molar-refractivity contribution in [3.8, 4) is 11.5 Å². The predicted octanol–water partition coefficient (Wildman–Crippen LogP) is 6.49. The third-order valence-corrected chi connectivity index (χ3v) is 7.05. The van der Waals surface area contributed by atoms with Crippen LogP contribution in [0.2, 0.25) is 0 Å². The summed E-state index contributed by atoms with van der Waals surface area (Å²) in [6.07, 6.45) is 0.186. The molecule has 0 saturated heterocycles. The number of nitrogens with zero attached hydrogens (tertiary/aromatic N) is 1. The van der Waals surface area contributed by atoms with Gasteiger partial charge >= 0.3 is 5.97 Å². The van der Waals surface area contributed by atoms with Crippen molar-refractivity contribution < 1.29 is 29.0 Å². The second-order valence-corrected chi connectivity index (χ2v) is 11.4. The molecule has 1 unspecified atom stereocenters. The van der Waals surface area contributed by atoms with Gasteiger partial charge in [-0.3, -0.25) is 9.59 Å². The lowest BCUT2D eigenvalue weighted by molar-refractivity contribution is -0.137. The number of para-hydroxylation sites is 3. The number of hydrogen-bond donors (Lipinski definition) is 2. The van der Waals surface area contributed by atoms with Gasteiger partial charge in [0.25, 0.3) is 0 Å². The van der Waals surface area contributed by atoms with E-state index in [1.807, 2.05) is 63.2 Å². The second-order valence-electron chi connectivity index (χ2n) is 11.4. The average Bonchev–Trinajstić information content (AvgIpc) is 3.03. The number of carbonyl (C=O) groups is 3. The average molecular weight is 595 g/mol. The van der Waals surface area contributed by atoms with Gasteiger partial charge in [0.05, 0.1) is 19.3 Å². The maximum Gasteiger partial charge on any atom is 0.326 e. The fourth-order valence-electron chi connectivity index (χ4n) is 4.74. The molecule has 4 aromatic carbocycles. The number of ketones is 1. The molecule has 8 nitrogen and oxygen atoms in total. The summed E-state index contributed by atoms with van der Waals surface area (Å²) >= 11 is 0. The van der Waals surface area contributed by atoms with Crippen molar-refractivity contribution in [2.45, 2.75) is 33.2 Å². The number of carbonyl (C=O) groups excluding carboxylic acids is 2. The molecule has 0 aliphatic carbocycles. The molecule has 0 aromatic heterocycles. The van der Waals surface area contributed by atoms with Gasteiger partial charge in [-0.05, 0) is 42.0 Å². The van der Waals surface area contributed by atoms with Crippen LogP contribution >= 0.6 is 0 Å². The lowest BCUT2D eigenvalue weighted by atomic mass is 9.94. The molecule has 0 saturated carbocycles. The summed E-state index contributed by atoms with van der Waals surface area (Å²) in [6.45, 7) is 6.16. The van der Waals surface area contributed by atoms with Crippen LogP contribution in [0.4, 0.5) is 11.4 Å². The molecule has 1 amide bonds. The Bertz CT molecular complexity index is 1580. The van der Waals surface area contributed by atoms with Crippen molar-refractivity contribution in [1.82, 2.24) is 0 Å². The highest BCUT2D eigenvalue weighted by Gasteiger charge is 2.30. The molecule has 0 aliphatic rings. The van der Waals surface area contributed by atoms with Gasteiger partial charge in [-0.2, -0.15) is 0 Å². The Morgan fingerprint density at radius 1 is 0.841 bits per heavy atom. The van der Waals surface area contributed by atoms with E-state index in [9.17, 15) is 19.5 Å². The smallest absolute Gasteiger partial charge is 0.326 e. The van der Waals surface area contributed by atoms with Crippen LogP contribution in [-0.2, 0) is 16.0 Å². The predicted molar refractivity (Wildman–Crippen MR) is 172 cm³/mol. The van der Waals surface area contributed by atoms with Crippen molar-refractivity contribution in [3.63, 3.8) is 0 Å². The molecule has 44 heavy (non-hydrogen) atoms. The fourth-order valence-corrected chi connectivity index (χ4v) is 4.74. The van der Waals surface area contributed by atoms with Crippen LogP contribution in [0.25, 0.3) is 0 Å². The minimum Gasteiger partial charge on any atom is -0.495 e. The number of anilines is 2. The van der Waals surface area contributed by atoms with Crippen LogP contribution < -0.4 is 19.7 Å². The molecule has 4 rings (SSSR count). The highest BCUT2D eigenvalue weighted by atomic mass is 16.5. The Morgan fingerprint density at radius 2 is 1.48 bits per heavy atom. The number of carboxylic acids is 1. The monoisotopic (exact) mass is 594 g/mol. The summed E-state index contributed by atoms with van der Waals surface area (Å²) in [6, 6.07) is 29.4. The first-order valence-electron chi connectivity index (χ1n) is 14.4. The number of carboxylic acid groups (broad SMARTS) is 1. The Labute approximate surface area is 258 Å². The molecule has 0 spiro atoms. The third kappa shape index (κ3) is 8.04. The van der Waals surface area contributed by atoms with Crippen molar-refractivity contribution >= 4 is 29.0 Å². The first kappa shape index (κ1) is 31.8. The number of ether oxygens (including phenoxy) is 2. The van der Waals surface area contributed by atoms with Gasteiger partial charge in [0.2, 0.25) is 5.91 Å². The number of benzene rings is 4. The molecular weight excluding hydrogens is 556 g/mol. The Morgan fingerprint density at radius 3 is 2.14 bits per heavy atom. The maximum atomic E-state index is 13.3. The van der Waals surface area contributed by atoms with Crippen LogP contribution in [-0.4, -0.2) is 49.1 Å². The molecule has 1 atom stereocenters. The van der Waals surface area contributed by atoms with Gasteiger partial charge < -0.3 is 24.8 Å². The number of rotatable bonds is 13. The number of amides is 1. The van der Waals surface area contributed by atoms with Crippen molar-refractivity contribution in [3.05, 3.63) is 120 Å². The minimum absolute atomic E-state index is 0.0554. The Balaban J connectivity index is 1.42. The number of methoxy groups -OCH3 is 1. The summed E-state index contributed by atoms with van der Waals surface area (Å²) in [5.74, 6) is -0.0843.